The molecule has 2 aromatic carbocycles. The average molecular weight is 391 g/mol. The molecule has 2 aromatic rings. The minimum Gasteiger partial charge on any atom is -0.449 e. The average Bonchev–Trinajstić information content (AvgIpc) is 3.06. The van der Waals surface area contributed by atoms with Crippen LogP contribution in [0.15, 0.2) is 48.5 Å². The van der Waals surface area contributed by atoms with Gasteiger partial charge in [-0.2, -0.15) is 5.26 Å². The molecule has 0 saturated carbocycles. The predicted octanol–water partition coefficient (Wildman–Crippen LogP) is 2.40. The van der Waals surface area contributed by atoms with E-state index >= 15 is 0 Å². The topological polar surface area (TPSA) is 117 Å². The van der Waals surface area contributed by atoms with E-state index in [9.17, 15) is 19.2 Å². The molecule has 1 aliphatic rings. The van der Waals surface area contributed by atoms with Gasteiger partial charge in [-0.1, -0.05) is 12.1 Å². The molecule has 8 heteroatoms. The third kappa shape index (κ3) is 4.47. The summed E-state index contributed by atoms with van der Waals surface area (Å²) < 4.78 is 5.19. The van der Waals surface area contributed by atoms with Crippen LogP contribution in [-0.4, -0.2) is 29.8 Å². The maximum Gasteiger partial charge on any atom is 0.338 e. The summed E-state index contributed by atoms with van der Waals surface area (Å²) in [4.78, 5) is 49.5. The van der Waals surface area contributed by atoms with Gasteiger partial charge < -0.3 is 10.1 Å². The van der Waals surface area contributed by atoms with E-state index in [0.29, 0.717) is 11.3 Å². The Bertz CT molecular complexity index is 1020. The Morgan fingerprint density at radius 2 is 1.79 bits per heavy atom. The van der Waals surface area contributed by atoms with Crippen molar-refractivity contribution in [1.29, 1.82) is 5.26 Å². The first-order chi connectivity index (χ1) is 13.9. The molecule has 1 heterocycles. The molecule has 0 radical (unpaired) electrons. The molecule has 1 fully saturated rings. The fraction of sp³-hybridized carbons (Fsp3) is 0.190. The molecule has 1 saturated heterocycles. The van der Waals surface area contributed by atoms with Crippen molar-refractivity contribution < 1.29 is 23.9 Å². The number of imide groups is 1. The van der Waals surface area contributed by atoms with E-state index in [1.807, 2.05) is 6.07 Å². The molecule has 0 aromatic heterocycles. The van der Waals surface area contributed by atoms with E-state index in [2.05, 4.69) is 5.32 Å². The summed E-state index contributed by atoms with van der Waals surface area (Å²) in [6.07, 6.45) is -0.831. The Kier molecular flexibility index (Phi) is 5.69. The van der Waals surface area contributed by atoms with Gasteiger partial charge in [-0.25, -0.2) is 4.79 Å². The van der Waals surface area contributed by atoms with E-state index in [1.54, 1.807) is 24.3 Å². The number of nitrogens with one attached hydrogen (secondary N) is 1. The second-order valence-electron chi connectivity index (χ2n) is 6.40. The smallest absolute Gasteiger partial charge is 0.338 e. The van der Waals surface area contributed by atoms with Crippen LogP contribution in [0, 0.1) is 11.3 Å². The molecule has 146 valence electrons. The number of nitrogens with zero attached hydrogens (tertiary/aromatic N) is 2. The van der Waals surface area contributed by atoms with Crippen LogP contribution in [0.2, 0.25) is 0 Å². The fourth-order valence-electron chi connectivity index (χ4n) is 2.83. The van der Waals surface area contributed by atoms with Gasteiger partial charge in [0.15, 0.2) is 6.10 Å². The first-order valence-corrected chi connectivity index (χ1v) is 8.87. The number of hydrogen-bond acceptors (Lipinski definition) is 6. The minimum atomic E-state index is -1.10. The Balaban J connectivity index is 1.67. The van der Waals surface area contributed by atoms with Crippen molar-refractivity contribution >= 4 is 35.1 Å². The predicted molar refractivity (Wildman–Crippen MR) is 103 cm³/mol. The molecule has 0 aliphatic carbocycles. The number of benzene rings is 2. The Labute approximate surface area is 166 Å². The number of nitriles is 1. The molecule has 0 bridgehead atoms. The van der Waals surface area contributed by atoms with Crippen molar-refractivity contribution in [2.24, 2.45) is 0 Å². The quantitative estimate of drug-likeness (QED) is 0.618. The third-order valence-electron chi connectivity index (χ3n) is 4.30. The lowest BCUT2D eigenvalue weighted by Gasteiger charge is -2.16. The second-order valence-corrected chi connectivity index (χ2v) is 6.40. The third-order valence-corrected chi connectivity index (χ3v) is 4.30. The van der Waals surface area contributed by atoms with Crippen LogP contribution >= 0.6 is 0 Å². The number of esters is 1. The van der Waals surface area contributed by atoms with Gasteiger partial charge in [-0.3, -0.25) is 19.3 Å². The molecular weight excluding hydrogens is 374 g/mol. The van der Waals surface area contributed by atoms with Gasteiger partial charge in [0.25, 0.3) is 5.91 Å². The number of hydrogen-bond donors (Lipinski definition) is 1. The minimum absolute atomic E-state index is 0.112. The number of rotatable bonds is 5. The maximum atomic E-state index is 12.4. The zero-order valence-electron chi connectivity index (χ0n) is 15.5. The van der Waals surface area contributed by atoms with Crippen LogP contribution in [0.25, 0.3) is 0 Å². The van der Waals surface area contributed by atoms with Crippen LogP contribution in [0.4, 0.5) is 11.4 Å². The number of carbonyl (C=O) groups excluding carboxylic acids is 4. The highest BCUT2D eigenvalue weighted by atomic mass is 16.5. The highest BCUT2D eigenvalue weighted by Crippen LogP contribution is 2.24. The number of amides is 3. The summed E-state index contributed by atoms with van der Waals surface area (Å²) in [6.45, 7) is 1.42. The molecule has 29 heavy (non-hydrogen) atoms. The van der Waals surface area contributed by atoms with Gasteiger partial charge >= 0.3 is 5.97 Å². The van der Waals surface area contributed by atoms with Crippen molar-refractivity contribution in [3.8, 4) is 6.07 Å². The summed E-state index contributed by atoms with van der Waals surface area (Å²) in [5, 5.41) is 11.5. The van der Waals surface area contributed by atoms with Gasteiger partial charge in [0.05, 0.1) is 22.9 Å². The van der Waals surface area contributed by atoms with Crippen molar-refractivity contribution in [3.05, 3.63) is 59.7 Å². The molecule has 3 rings (SSSR count). The Hall–Kier alpha value is -3.99. The van der Waals surface area contributed by atoms with E-state index in [4.69, 9.17) is 10.00 Å². The summed E-state index contributed by atoms with van der Waals surface area (Å²) in [7, 11) is 0. The first-order valence-electron chi connectivity index (χ1n) is 8.87. The molecule has 0 spiro atoms. The zero-order chi connectivity index (χ0) is 21.0. The van der Waals surface area contributed by atoms with Crippen molar-refractivity contribution in [3.63, 3.8) is 0 Å². The summed E-state index contributed by atoms with van der Waals surface area (Å²) >= 11 is 0. The van der Waals surface area contributed by atoms with E-state index in [-0.39, 0.29) is 35.9 Å². The molecule has 3 amide bonds. The van der Waals surface area contributed by atoms with Crippen LogP contribution in [0.5, 0.6) is 0 Å². The number of carbonyl (C=O) groups is 4. The first kappa shape index (κ1) is 19.8. The largest absolute Gasteiger partial charge is 0.449 e. The van der Waals surface area contributed by atoms with Gasteiger partial charge in [-0.15, -0.1) is 0 Å². The summed E-state index contributed by atoms with van der Waals surface area (Å²) in [5.74, 6) is -1.98. The molecule has 1 N–H and O–H groups in total. The standard InChI is InChI=1S/C21H17N3O5/c1-13(20(27)23-16-6-2-4-14(10-16)12-22)29-21(28)15-5-3-7-17(11-15)24-18(25)8-9-19(24)26/h2-7,10-11,13H,8-9H2,1H3,(H,23,27)/t13-/m1/s1. The molecule has 1 aliphatic heterocycles. The van der Waals surface area contributed by atoms with Gasteiger partial charge in [0, 0.05) is 18.5 Å². The van der Waals surface area contributed by atoms with Crippen molar-refractivity contribution in [2.75, 3.05) is 10.2 Å². The van der Waals surface area contributed by atoms with E-state index < -0.39 is 18.0 Å². The van der Waals surface area contributed by atoms with Crippen LogP contribution in [0.3, 0.4) is 0 Å². The Morgan fingerprint density at radius 1 is 1.10 bits per heavy atom. The lowest BCUT2D eigenvalue weighted by atomic mass is 10.2. The van der Waals surface area contributed by atoms with Crippen LogP contribution < -0.4 is 10.2 Å². The van der Waals surface area contributed by atoms with Crippen molar-refractivity contribution in [2.45, 2.75) is 25.9 Å². The lowest BCUT2D eigenvalue weighted by Crippen LogP contribution is -2.30. The van der Waals surface area contributed by atoms with Gasteiger partial charge in [-0.05, 0) is 43.3 Å². The highest BCUT2D eigenvalue weighted by molar-refractivity contribution is 6.20. The summed E-state index contributed by atoms with van der Waals surface area (Å²) in [5.41, 5.74) is 1.19. The van der Waals surface area contributed by atoms with Crippen molar-refractivity contribution in [1.82, 2.24) is 0 Å². The Morgan fingerprint density at radius 3 is 2.48 bits per heavy atom. The van der Waals surface area contributed by atoms with Crippen LogP contribution in [-0.2, 0) is 19.1 Å². The second kappa shape index (κ2) is 8.35. The molecule has 0 unspecified atom stereocenters. The maximum absolute atomic E-state index is 12.4. The zero-order valence-corrected chi connectivity index (χ0v) is 15.5. The highest BCUT2D eigenvalue weighted by Gasteiger charge is 2.30. The van der Waals surface area contributed by atoms with Gasteiger partial charge in [0.2, 0.25) is 11.8 Å². The molecule has 8 nitrogen and oxygen atoms in total. The lowest BCUT2D eigenvalue weighted by molar-refractivity contribution is -0.124. The number of anilines is 2. The van der Waals surface area contributed by atoms with E-state index in [0.717, 1.165) is 4.90 Å². The molecule has 1 atom stereocenters. The summed E-state index contributed by atoms with van der Waals surface area (Å²) in [6, 6.07) is 14.2. The van der Waals surface area contributed by atoms with E-state index in [1.165, 1.54) is 31.2 Å². The number of ether oxygens (including phenoxy) is 1. The normalized spacial score (nSPS) is 14.3. The van der Waals surface area contributed by atoms with Gasteiger partial charge in [0.1, 0.15) is 0 Å². The fourth-order valence-corrected chi connectivity index (χ4v) is 2.83. The monoisotopic (exact) mass is 391 g/mol. The van der Waals surface area contributed by atoms with Crippen LogP contribution in [0.1, 0.15) is 35.7 Å². The molecular formula is C21H17N3O5. The SMILES string of the molecule is C[C@@H](OC(=O)c1cccc(N2C(=O)CCC2=O)c1)C(=O)Nc1cccc(C#N)c1.